The normalized spacial score (nSPS) is 11.5. The van der Waals surface area contributed by atoms with Gasteiger partial charge in [-0.2, -0.15) is 4.98 Å². The molecule has 32 heavy (non-hydrogen) atoms. The van der Waals surface area contributed by atoms with E-state index in [1.54, 1.807) is 28.8 Å². The minimum atomic E-state index is -0.439. The molecule has 0 atom stereocenters. The van der Waals surface area contributed by atoms with E-state index in [-0.39, 0.29) is 29.6 Å². The Kier molecular flexibility index (Phi) is 5.75. The molecule has 0 unspecified atom stereocenters. The number of rotatable bonds is 5. The standard InChI is InChI=1S/C23H22FN5O2S/c1-23(2,3)16-8-4-15(5-9-16)20(31)25-12-19(30)26-21-27-22-29(28-21)18(13-32-22)14-6-10-17(24)11-7-14/h4-11,13H,12H2,1-3H3,(H,25,31)(H,26,28,30). The van der Waals surface area contributed by atoms with Gasteiger partial charge in [0.1, 0.15) is 5.82 Å². The molecule has 2 aromatic heterocycles. The molecule has 4 rings (SSSR count). The molecule has 2 N–H and O–H groups in total. The molecule has 2 amide bonds. The van der Waals surface area contributed by atoms with Gasteiger partial charge in [-0.25, -0.2) is 8.91 Å². The molecular weight excluding hydrogens is 429 g/mol. The van der Waals surface area contributed by atoms with E-state index >= 15 is 0 Å². The fourth-order valence-electron chi connectivity index (χ4n) is 3.11. The maximum Gasteiger partial charge on any atom is 0.251 e. The Morgan fingerprint density at radius 1 is 1.06 bits per heavy atom. The number of aromatic nitrogens is 3. The van der Waals surface area contributed by atoms with Crippen LogP contribution >= 0.6 is 11.3 Å². The van der Waals surface area contributed by atoms with Gasteiger partial charge < -0.3 is 5.32 Å². The number of benzene rings is 2. The van der Waals surface area contributed by atoms with Crippen LogP contribution in [-0.4, -0.2) is 33.0 Å². The quantitative estimate of drug-likeness (QED) is 0.475. The molecule has 164 valence electrons. The Hall–Kier alpha value is -3.59. The predicted molar refractivity (Wildman–Crippen MR) is 122 cm³/mol. The summed E-state index contributed by atoms with van der Waals surface area (Å²) < 4.78 is 14.8. The minimum absolute atomic E-state index is 0.00320. The molecule has 0 aliphatic rings. The highest BCUT2D eigenvalue weighted by Gasteiger charge is 2.16. The van der Waals surface area contributed by atoms with Crippen molar-refractivity contribution in [3.63, 3.8) is 0 Å². The summed E-state index contributed by atoms with van der Waals surface area (Å²) in [7, 11) is 0. The number of carbonyl (C=O) groups is 2. The summed E-state index contributed by atoms with van der Waals surface area (Å²) in [5.74, 6) is -0.961. The van der Waals surface area contributed by atoms with Crippen molar-refractivity contribution >= 4 is 34.1 Å². The van der Waals surface area contributed by atoms with Crippen LogP contribution in [0.5, 0.6) is 0 Å². The Labute approximate surface area is 188 Å². The lowest BCUT2D eigenvalue weighted by molar-refractivity contribution is -0.115. The van der Waals surface area contributed by atoms with Crippen molar-refractivity contribution in [2.24, 2.45) is 0 Å². The Morgan fingerprint density at radius 3 is 2.41 bits per heavy atom. The van der Waals surface area contributed by atoms with E-state index in [0.29, 0.717) is 10.5 Å². The SMILES string of the molecule is CC(C)(C)c1ccc(C(=O)NCC(=O)Nc2nc3scc(-c4ccc(F)cc4)n3n2)cc1. The maximum absolute atomic E-state index is 13.2. The van der Waals surface area contributed by atoms with E-state index in [1.807, 2.05) is 17.5 Å². The van der Waals surface area contributed by atoms with Gasteiger partial charge in [0.15, 0.2) is 0 Å². The van der Waals surface area contributed by atoms with Gasteiger partial charge in [0.05, 0.1) is 12.2 Å². The zero-order valence-corrected chi connectivity index (χ0v) is 18.7. The second-order valence-electron chi connectivity index (χ2n) is 8.32. The number of hydrogen-bond acceptors (Lipinski definition) is 5. The smallest absolute Gasteiger partial charge is 0.251 e. The Bertz CT molecular complexity index is 1270. The number of fused-ring (bicyclic) bond motifs is 1. The molecule has 0 saturated carbocycles. The molecule has 0 saturated heterocycles. The molecule has 2 heterocycles. The van der Waals surface area contributed by atoms with Crippen LogP contribution in [0.15, 0.2) is 53.9 Å². The van der Waals surface area contributed by atoms with Crippen molar-refractivity contribution in [2.75, 3.05) is 11.9 Å². The van der Waals surface area contributed by atoms with Crippen molar-refractivity contribution in [1.29, 1.82) is 0 Å². The molecule has 0 aliphatic heterocycles. The number of thiazole rings is 1. The van der Waals surface area contributed by atoms with Crippen molar-refractivity contribution < 1.29 is 14.0 Å². The van der Waals surface area contributed by atoms with E-state index in [9.17, 15) is 14.0 Å². The lowest BCUT2D eigenvalue weighted by Gasteiger charge is -2.19. The highest BCUT2D eigenvalue weighted by atomic mass is 32.1. The van der Waals surface area contributed by atoms with Crippen LogP contribution < -0.4 is 10.6 Å². The van der Waals surface area contributed by atoms with Gasteiger partial charge in [0.2, 0.25) is 10.9 Å². The zero-order valence-electron chi connectivity index (χ0n) is 17.8. The molecule has 0 fully saturated rings. The second kappa shape index (κ2) is 8.51. The Morgan fingerprint density at radius 2 is 1.75 bits per heavy atom. The van der Waals surface area contributed by atoms with E-state index in [0.717, 1.165) is 16.8 Å². The second-order valence-corrected chi connectivity index (χ2v) is 9.15. The van der Waals surface area contributed by atoms with Crippen molar-refractivity contribution in [3.05, 3.63) is 70.9 Å². The highest BCUT2D eigenvalue weighted by Crippen LogP contribution is 2.26. The van der Waals surface area contributed by atoms with E-state index in [2.05, 4.69) is 41.5 Å². The topological polar surface area (TPSA) is 88.4 Å². The number of nitrogens with zero attached hydrogens (tertiary/aromatic N) is 3. The van der Waals surface area contributed by atoms with Crippen LogP contribution in [0.3, 0.4) is 0 Å². The summed E-state index contributed by atoms with van der Waals surface area (Å²) in [5.41, 5.74) is 3.12. The molecule has 0 spiro atoms. The maximum atomic E-state index is 13.2. The van der Waals surface area contributed by atoms with Gasteiger partial charge in [-0.1, -0.05) is 32.9 Å². The predicted octanol–water partition coefficient (Wildman–Crippen LogP) is 4.26. The minimum Gasteiger partial charge on any atom is -0.343 e. The van der Waals surface area contributed by atoms with Crippen molar-refractivity contribution in [1.82, 2.24) is 19.9 Å². The number of halogens is 1. The first-order valence-electron chi connectivity index (χ1n) is 9.99. The Balaban J connectivity index is 1.38. The number of amides is 2. The molecule has 0 aliphatic carbocycles. The molecule has 0 radical (unpaired) electrons. The monoisotopic (exact) mass is 451 g/mol. The van der Waals surface area contributed by atoms with Gasteiger partial charge in [-0.15, -0.1) is 16.4 Å². The van der Waals surface area contributed by atoms with Crippen molar-refractivity contribution in [2.45, 2.75) is 26.2 Å². The largest absolute Gasteiger partial charge is 0.343 e. The van der Waals surface area contributed by atoms with E-state index in [1.165, 1.54) is 23.5 Å². The lowest BCUT2D eigenvalue weighted by Crippen LogP contribution is -2.33. The third-order valence-electron chi connectivity index (χ3n) is 4.90. The number of nitrogens with one attached hydrogen (secondary N) is 2. The lowest BCUT2D eigenvalue weighted by atomic mass is 9.87. The van der Waals surface area contributed by atoms with Crippen LogP contribution in [0, 0.1) is 5.82 Å². The number of carbonyl (C=O) groups excluding carboxylic acids is 2. The van der Waals surface area contributed by atoms with Gasteiger partial charge in [-0.3, -0.25) is 14.9 Å². The molecular formula is C23H22FN5O2S. The summed E-state index contributed by atoms with van der Waals surface area (Å²) in [6.45, 7) is 6.09. The fraction of sp³-hybridized carbons (Fsp3) is 0.217. The summed E-state index contributed by atoms with van der Waals surface area (Å²) in [6.07, 6.45) is 0. The van der Waals surface area contributed by atoms with Crippen LogP contribution in [-0.2, 0) is 10.2 Å². The molecule has 4 aromatic rings. The number of anilines is 1. The summed E-state index contributed by atoms with van der Waals surface area (Å²) >= 11 is 1.35. The fourth-order valence-corrected chi connectivity index (χ4v) is 3.94. The zero-order chi connectivity index (χ0) is 22.9. The van der Waals surface area contributed by atoms with Crippen molar-refractivity contribution in [3.8, 4) is 11.3 Å². The van der Waals surface area contributed by atoms with Gasteiger partial charge in [0.25, 0.3) is 11.9 Å². The summed E-state index contributed by atoms with van der Waals surface area (Å²) in [5, 5.41) is 11.4. The van der Waals surface area contributed by atoms with Gasteiger partial charge in [-0.05, 0) is 47.4 Å². The first-order chi connectivity index (χ1) is 15.2. The summed E-state index contributed by atoms with van der Waals surface area (Å²) in [4.78, 5) is 29.5. The van der Waals surface area contributed by atoms with E-state index < -0.39 is 5.91 Å². The first kappa shape index (κ1) is 21.6. The third-order valence-corrected chi connectivity index (χ3v) is 5.71. The van der Waals surface area contributed by atoms with Crippen LogP contribution in [0.25, 0.3) is 16.2 Å². The average Bonchev–Trinajstić information content (AvgIpc) is 3.32. The van der Waals surface area contributed by atoms with Crippen LogP contribution in [0.4, 0.5) is 10.3 Å². The third kappa shape index (κ3) is 4.67. The molecule has 7 nitrogen and oxygen atoms in total. The van der Waals surface area contributed by atoms with E-state index in [4.69, 9.17) is 0 Å². The summed E-state index contributed by atoms with van der Waals surface area (Å²) in [6, 6.07) is 13.4. The average molecular weight is 452 g/mol. The van der Waals surface area contributed by atoms with Crippen LogP contribution in [0.1, 0.15) is 36.7 Å². The molecule has 9 heteroatoms. The van der Waals surface area contributed by atoms with Crippen LogP contribution in [0.2, 0.25) is 0 Å². The molecule has 2 aromatic carbocycles. The van der Waals surface area contributed by atoms with Gasteiger partial charge in [0, 0.05) is 16.5 Å². The highest BCUT2D eigenvalue weighted by molar-refractivity contribution is 7.15. The van der Waals surface area contributed by atoms with Gasteiger partial charge >= 0.3 is 0 Å². The number of hydrogen-bond donors (Lipinski definition) is 2. The molecule has 0 bridgehead atoms. The first-order valence-corrected chi connectivity index (χ1v) is 10.9.